The van der Waals surface area contributed by atoms with E-state index in [1.807, 2.05) is 32.9 Å². The summed E-state index contributed by atoms with van der Waals surface area (Å²) in [5.41, 5.74) is 6.53. The number of carbonyl (C=O) groups excluding carboxylic acids is 1. The van der Waals surface area contributed by atoms with Gasteiger partial charge in [0.1, 0.15) is 0 Å². The van der Waals surface area contributed by atoms with Gasteiger partial charge >= 0.3 is 0 Å². The van der Waals surface area contributed by atoms with Gasteiger partial charge in [0.2, 0.25) is 5.91 Å². The summed E-state index contributed by atoms with van der Waals surface area (Å²) in [6.45, 7) is 6.51. The highest BCUT2D eigenvalue weighted by Gasteiger charge is 2.18. The van der Waals surface area contributed by atoms with Gasteiger partial charge < -0.3 is 10.6 Å². The highest BCUT2D eigenvalue weighted by atomic mass is 16.2. The van der Waals surface area contributed by atoms with Crippen molar-refractivity contribution in [2.45, 2.75) is 59.0 Å². The van der Waals surface area contributed by atoms with E-state index in [1.165, 1.54) is 29.7 Å². The van der Waals surface area contributed by atoms with Crippen LogP contribution in [0.4, 0.5) is 5.69 Å². The largest absolute Gasteiger partial charge is 0.323 e. The van der Waals surface area contributed by atoms with Gasteiger partial charge in [0.05, 0.1) is 17.4 Å². The highest BCUT2D eigenvalue weighted by Crippen LogP contribution is 2.24. The third kappa shape index (κ3) is 4.23. The Hall–Kier alpha value is -2.27. The van der Waals surface area contributed by atoms with Crippen molar-refractivity contribution in [3.05, 3.63) is 52.6 Å². The molecular weight excluding hydrogens is 312 g/mol. The molecule has 0 saturated carbocycles. The zero-order chi connectivity index (χ0) is 17.8. The monoisotopic (exact) mass is 338 g/mol. The molecule has 0 spiro atoms. The lowest BCUT2D eigenvalue weighted by molar-refractivity contribution is -0.117. The maximum Gasteiger partial charge on any atom is 0.241 e. The first kappa shape index (κ1) is 17.5. The van der Waals surface area contributed by atoms with Crippen LogP contribution < -0.4 is 10.6 Å². The molecule has 2 heterocycles. The predicted molar refractivity (Wildman–Crippen MR) is 99.5 cm³/mol. The van der Waals surface area contributed by atoms with Gasteiger partial charge in [-0.2, -0.15) is 0 Å². The molecule has 1 amide bonds. The number of fused-ring (bicyclic) bond motifs is 1. The minimum Gasteiger partial charge on any atom is -0.323 e. The number of pyridine rings is 2. The second-order valence-electron chi connectivity index (χ2n) is 6.78. The summed E-state index contributed by atoms with van der Waals surface area (Å²) in [7, 11) is 0. The van der Waals surface area contributed by atoms with Gasteiger partial charge in [-0.1, -0.05) is 0 Å². The van der Waals surface area contributed by atoms with Crippen molar-refractivity contribution in [3.8, 4) is 0 Å². The standard InChI is InChI=1S/C20H26N4O/c1-13-11-16(17-7-4-5-8-19(17)23-13)12-22-15(3)20(25)24-18-9-6-10-21-14(18)2/h6,9-11,15,22H,4-5,7-8,12H2,1-3H3,(H,24,25)/t15-/m0/s1. The molecule has 0 aliphatic heterocycles. The van der Waals surface area contributed by atoms with Gasteiger partial charge in [0.25, 0.3) is 0 Å². The fourth-order valence-corrected chi connectivity index (χ4v) is 3.31. The van der Waals surface area contributed by atoms with E-state index in [-0.39, 0.29) is 11.9 Å². The van der Waals surface area contributed by atoms with Crippen molar-refractivity contribution in [3.63, 3.8) is 0 Å². The molecule has 0 aromatic carbocycles. The number of aryl methyl sites for hydroxylation is 3. The van der Waals surface area contributed by atoms with E-state index in [1.54, 1.807) is 6.20 Å². The molecule has 0 radical (unpaired) electrons. The van der Waals surface area contributed by atoms with Crippen molar-refractivity contribution in [2.75, 3.05) is 5.32 Å². The van der Waals surface area contributed by atoms with E-state index in [2.05, 4.69) is 26.7 Å². The Labute approximate surface area is 149 Å². The van der Waals surface area contributed by atoms with E-state index >= 15 is 0 Å². The number of nitrogens with zero attached hydrogens (tertiary/aromatic N) is 2. The molecule has 5 nitrogen and oxygen atoms in total. The number of hydrogen-bond donors (Lipinski definition) is 2. The molecular formula is C20H26N4O. The normalized spacial score (nSPS) is 14.7. The van der Waals surface area contributed by atoms with Gasteiger partial charge in [0.15, 0.2) is 0 Å². The van der Waals surface area contributed by atoms with Gasteiger partial charge in [-0.05, 0) is 75.8 Å². The third-order valence-electron chi connectivity index (χ3n) is 4.78. The summed E-state index contributed by atoms with van der Waals surface area (Å²) in [5.74, 6) is -0.0456. The van der Waals surface area contributed by atoms with Crippen LogP contribution in [0.2, 0.25) is 0 Å². The average molecular weight is 338 g/mol. The zero-order valence-corrected chi connectivity index (χ0v) is 15.2. The SMILES string of the molecule is Cc1cc(CN[C@@H](C)C(=O)Nc2cccnc2C)c2c(n1)CCCC2. The smallest absolute Gasteiger partial charge is 0.241 e. The Kier molecular flexibility index (Phi) is 5.43. The molecule has 3 rings (SSSR count). The lowest BCUT2D eigenvalue weighted by Gasteiger charge is -2.21. The molecule has 0 fully saturated rings. The van der Waals surface area contributed by atoms with Gasteiger partial charge in [-0.3, -0.25) is 14.8 Å². The molecule has 5 heteroatoms. The average Bonchev–Trinajstić information content (AvgIpc) is 2.61. The van der Waals surface area contributed by atoms with E-state index in [9.17, 15) is 4.79 Å². The van der Waals surface area contributed by atoms with Crippen LogP contribution in [0.5, 0.6) is 0 Å². The first-order chi connectivity index (χ1) is 12.0. The number of amides is 1. The van der Waals surface area contributed by atoms with Crippen molar-refractivity contribution in [1.29, 1.82) is 0 Å². The fourth-order valence-electron chi connectivity index (χ4n) is 3.31. The topological polar surface area (TPSA) is 66.9 Å². The molecule has 0 saturated heterocycles. The molecule has 0 bridgehead atoms. The maximum absolute atomic E-state index is 12.4. The van der Waals surface area contributed by atoms with Crippen LogP contribution in [0, 0.1) is 13.8 Å². The Morgan fingerprint density at radius 3 is 2.88 bits per heavy atom. The molecule has 1 aliphatic carbocycles. The van der Waals surface area contributed by atoms with Gasteiger partial charge in [-0.25, -0.2) is 0 Å². The number of rotatable bonds is 5. The lowest BCUT2D eigenvalue weighted by atomic mass is 9.91. The van der Waals surface area contributed by atoms with Crippen LogP contribution in [-0.4, -0.2) is 21.9 Å². The van der Waals surface area contributed by atoms with Gasteiger partial charge in [0, 0.05) is 24.1 Å². The van der Waals surface area contributed by atoms with Crippen LogP contribution >= 0.6 is 0 Å². The van der Waals surface area contributed by atoms with E-state index in [4.69, 9.17) is 0 Å². The van der Waals surface area contributed by atoms with E-state index < -0.39 is 0 Å². The fraction of sp³-hybridized carbons (Fsp3) is 0.450. The molecule has 25 heavy (non-hydrogen) atoms. The molecule has 2 aromatic heterocycles. The quantitative estimate of drug-likeness (QED) is 0.879. The summed E-state index contributed by atoms with van der Waals surface area (Å²) in [5, 5.41) is 6.30. The minimum absolute atomic E-state index is 0.0456. The second kappa shape index (κ2) is 7.74. The zero-order valence-electron chi connectivity index (χ0n) is 15.2. The molecule has 1 atom stereocenters. The summed E-state index contributed by atoms with van der Waals surface area (Å²) < 4.78 is 0. The molecule has 2 aromatic rings. The van der Waals surface area contributed by atoms with E-state index in [0.29, 0.717) is 6.54 Å². The minimum atomic E-state index is -0.285. The molecule has 2 N–H and O–H groups in total. The number of anilines is 1. The Bertz CT molecular complexity index is 772. The lowest BCUT2D eigenvalue weighted by Crippen LogP contribution is -2.38. The van der Waals surface area contributed by atoms with Crippen LogP contribution in [0.25, 0.3) is 0 Å². The third-order valence-corrected chi connectivity index (χ3v) is 4.78. The van der Waals surface area contributed by atoms with Crippen LogP contribution in [0.1, 0.15) is 48.0 Å². The summed E-state index contributed by atoms with van der Waals surface area (Å²) >= 11 is 0. The first-order valence-corrected chi connectivity index (χ1v) is 8.98. The van der Waals surface area contributed by atoms with Crippen molar-refractivity contribution in [2.24, 2.45) is 0 Å². The maximum atomic E-state index is 12.4. The number of aromatic nitrogens is 2. The first-order valence-electron chi connectivity index (χ1n) is 8.98. The van der Waals surface area contributed by atoms with Crippen LogP contribution in [-0.2, 0) is 24.2 Å². The van der Waals surface area contributed by atoms with E-state index in [0.717, 1.165) is 29.9 Å². The summed E-state index contributed by atoms with van der Waals surface area (Å²) in [4.78, 5) is 21.3. The van der Waals surface area contributed by atoms with Crippen molar-refractivity contribution in [1.82, 2.24) is 15.3 Å². The van der Waals surface area contributed by atoms with Crippen LogP contribution in [0.3, 0.4) is 0 Å². The Morgan fingerprint density at radius 2 is 2.08 bits per heavy atom. The number of carbonyl (C=O) groups is 1. The molecule has 1 aliphatic rings. The van der Waals surface area contributed by atoms with Crippen LogP contribution in [0.15, 0.2) is 24.4 Å². The summed E-state index contributed by atoms with van der Waals surface area (Å²) in [6.07, 6.45) is 6.33. The highest BCUT2D eigenvalue weighted by molar-refractivity contribution is 5.94. The Morgan fingerprint density at radius 1 is 1.28 bits per heavy atom. The Balaban J connectivity index is 1.64. The van der Waals surface area contributed by atoms with Gasteiger partial charge in [-0.15, -0.1) is 0 Å². The second-order valence-corrected chi connectivity index (χ2v) is 6.78. The summed E-state index contributed by atoms with van der Waals surface area (Å²) in [6, 6.07) is 5.56. The van der Waals surface area contributed by atoms with Crippen molar-refractivity contribution >= 4 is 11.6 Å². The number of nitrogens with one attached hydrogen (secondary N) is 2. The predicted octanol–water partition coefficient (Wildman–Crippen LogP) is 3.09. The molecule has 0 unspecified atom stereocenters. The number of hydrogen-bond acceptors (Lipinski definition) is 4. The molecule has 132 valence electrons. The van der Waals surface area contributed by atoms with Crippen molar-refractivity contribution < 1.29 is 4.79 Å².